The zero-order valence-corrected chi connectivity index (χ0v) is 10.6. The van der Waals surface area contributed by atoms with Crippen LogP contribution in [-0.2, 0) is 0 Å². The number of benzene rings is 1. The van der Waals surface area contributed by atoms with Crippen LogP contribution in [0.2, 0.25) is 0 Å². The minimum absolute atomic E-state index is 0.241. The Hall–Kier alpha value is -1.20. The third-order valence-corrected chi connectivity index (χ3v) is 3.48. The minimum atomic E-state index is -0.241. The molecule has 1 saturated heterocycles. The van der Waals surface area contributed by atoms with E-state index in [1.54, 1.807) is 18.3 Å². The van der Waals surface area contributed by atoms with Crippen LogP contribution < -0.4 is 5.32 Å². The number of imidazole rings is 1. The first-order chi connectivity index (χ1) is 8.24. The number of rotatable bonds is 2. The lowest BCUT2D eigenvalue weighted by Crippen LogP contribution is -2.40. The van der Waals surface area contributed by atoms with Gasteiger partial charge in [-0.2, -0.15) is 0 Å². The van der Waals surface area contributed by atoms with E-state index in [2.05, 4.69) is 31.2 Å². The molecule has 1 aliphatic heterocycles. The standard InChI is InChI=1S/C12H11BrFN3/c13-8-1-2-10(14)9(3-8)11-6-16-12(17-11)7-4-15-5-7/h1-3,6-7,15H,4-5H2,(H,16,17). The molecule has 3 nitrogen and oxygen atoms in total. The van der Waals surface area contributed by atoms with Crippen molar-refractivity contribution in [2.45, 2.75) is 5.92 Å². The molecular formula is C12H11BrFN3. The van der Waals surface area contributed by atoms with Crippen LogP contribution in [0.15, 0.2) is 28.9 Å². The molecule has 1 aliphatic rings. The normalized spacial score (nSPS) is 15.9. The Morgan fingerprint density at radius 2 is 2.18 bits per heavy atom. The van der Waals surface area contributed by atoms with E-state index in [1.807, 2.05) is 0 Å². The molecule has 0 bridgehead atoms. The van der Waals surface area contributed by atoms with Crippen molar-refractivity contribution in [3.05, 3.63) is 40.5 Å². The van der Waals surface area contributed by atoms with Gasteiger partial charge in [-0.15, -0.1) is 0 Å². The van der Waals surface area contributed by atoms with Crippen molar-refractivity contribution in [3.8, 4) is 11.3 Å². The lowest BCUT2D eigenvalue weighted by atomic mass is 10.0. The maximum atomic E-state index is 13.7. The molecule has 1 fully saturated rings. The molecule has 88 valence electrons. The van der Waals surface area contributed by atoms with E-state index in [-0.39, 0.29) is 5.82 Å². The van der Waals surface area contributed by atoms with E-state index < -0.39 is 0 Å². The second-order valence-electron chi connectivity index (χ2n) is 4.16. The summed E-state index contributed by atoms with van der Waals surface area (Å²) in [5, 5.41) is 3.19. The first-order valence-corrected chi connectivity index (χ1v) is 6.24. The number of hydrogen-bond donors (Lipinski definition) is 2. The largest absolute Gasteiger partial charge is 0.342 e. The highest BCUT2D eigenvalue weighted by Crippen LogP contribution is 2.26. The van der Waals surface area contributed by atoms with Gasteiger partial charge in [0.1, 0.15) is 11.6 Å². The number of halogens is 2. The summed E-state index contributed by atoms with van der Waals surface area (Å²) in [6, 6.07) is 4.89. The second-order valence-corrected chi connectivity index (χ2v) is 5.08. The highest BCUT2D eigenvalue weighted by atomic mass is 79.9. The van der Waals surface area contributed by atoms with E-state index in [0.29, 0.717) is 11.5 Å². The van der Waals surface area contributed by atoms with E-state index in [0.717, 1.165) is 29.1 Å². The number of aromatic nitrogens is 2. The van der Waals surface area contributed by atoms with Crippen molar-refractivity contribution in [2.75, 3.05) is 13.1 Å². The highest BCUT2D eigenvalue weighted by molar-refractivity contribution is 9.10. The van der Waals surface area contributed by atoms with Crippen molar-refractivity contribution in [1.29, 1.82) is 0 Å². The monoisotopic (exact) mass is 295 g/mol. The number of nitrogens with zero attached hydrogens (tertiary/aromatic N) is 1. The maximum absolute atomic E-state index is 13.7. The Kier molecular flexibility index (Phi) is 2.72. The summed E-state index contributed by atoms with van der Waals surface area (Å²) in [7, 11) is 0. The fourth-order valence-electron chi connectivity index (χ4n) is 1.87. The predicted octanol–water partition coefficient (Wildman–Crippen LogP) is 2.67. The molecule has 17 heavy (non-hydrogen) atoms. The lowest BCUT2D eigenvalue weighted by molar-refractivity contribution is 0.433. The third kappa shape index (κ3) is 2.00. The SMILES string of the molecule is Fc1ccc(Br)cc1-c1cnc(C2CNC2)[nH]1. The Morgan fingerprint density at radius 1 is 1.35 bits per heavy atom. The summed E-state index contributed by atoms with van der Waals surface area (Å²) >= 11 is 3.34. The van der Waals surface area contributed by atoms with Crippen LogP contribution in [0, 0.1) is 5.82 Å². The molecule has 0 unspecified atom stereocenters. The van der Waals surface area contributed by atoms with Crippen LogP contribution in [-0.4, -0.2) is 23.1 Å². The maximum Gasteiger partial charge on any atom is 0.132 e. The van der Waals surface area contributed by atoms with E-state index >= 15 is 0 Å². The molecule has 1 aromatic carbocycles. The van der Waals surface area contributed by atoms with Gasteiger partial charge >= 0.3 is 0 Å². The molecule has 0 saturated carbocycles. The van der Waals surface area contributed by atoms with Gasteiger partial charge < -0.3 is 10.3 Å². The molecule has 2 aromatic rings. The summed E-state index contributed by atoms with van der Waals surface area (Å²) in [6.07, 6.45) is 1.69. The highest BCUT2D eigenvalue weighted by Gasteiger charge is 2.22. The van der Waals surface area contributed by atoms with Gasteiger partial charge in [-0.3, -0.25) is 0 Å². The van der Waals surface area contributed by atoms with Gasteiger partial charge in [-0.05, 0) is 18.2 Å². The first kappa shape index (κ1) is 10.9. The molecule has 0 amide bonds. The molecule has 2 N–H and O–H groups in total. The quantitative estimate of drug-likeness (QED) is 0.894. The molecule has 5 heteroatoms. The van der Waals surface area contributed by atoms with Crippen LogP contribution in [0.5, 0.6) is 0 Å². The summed E-state index contributed by atoms with van der Waals surface area (Å²) < 4.78 is 14.5. The van der Waals surface area contributed by atoms with Crippen LogP contribution in [0.3, 0.4) is 0 Å². The number of aromatic amines is 1. The average Bonchev–Trinajstić information content (AvgIpc) is 2.68. The molecule has 0 aliphatic carbocycles. The van der Waals surface area contributed by atoms with E-state index in [1.165, 1.54) is 6.07 Å². The van der Waals surface area contributed by atoms with Gasteiger partial charge in [0.25, 0.3) is 0 Å². The van der Waals surface area contributed by atoms with Gasteiger partial charge in [-0.1, -0.05) is 15.9 Å². The van der Waals surface area contributed by atoms with Crippen LogP contribution in [0.25, 0.3) is 11.3 Å². The molecule has 0 atom stereocenters. The zero-order valence-electron chi connectivity index (χ0n) is 9.00. The molecule has 0 spiro atoms. The molecular weight excluding hydrogens is 285 g/mol. The Labute approximate surface area is 107 Å². The van der Waals surface area contributed by atoms with Crippen molar-refractivity contribution in [2.24, 2.45) is 0 Å². The summed E-state index contributed by atoms with van der Waals surface area (Å²) in [6.45, 7) is 1.88. The fourth-order valence-corrected chi connectivity index (χ4v) is 2.23. The van der Waals surface area contributed by atoms with Crippen molar-refractivity contribution in [3.63, 3.8) is 0 Å². The molecule has 3 rings (SSSR count). The van der Waals surface area contributed by atoms with Crippen molar-refractivity contribution in [1.82, 2.24) is 15.3 Å². The predicted molar refractivity (Wildman–Crippen MR) is 67.3 cm³/mol. The molecule has 1 aromatic heterocycles. The topological polar surface area (TPSA) is 40.7 Å². The fraction of sp³-hybridized carbons (Fsp3) is 0.250. The molecule has 2 heterocycles. The summed E-state index contributed by atoms with van der Waals surface area (Å²) in [5.74, 6) is 1.12. The van der Waals surface area contributed by atoms with Gasteiger partial charge in [0.05, 0.1) is 11.9 Å². The third-order valence-electron chi connectivity index (χ3n) is 2.98. The van der Waals surface area contributed by atoms with Crippen molar-refractivity contribution < 1.29 is 4.39 Å². The van der Waals surface area contributed by atoms with Crippen LogP contribution >= 0.6 is 15.9 Å². The Morgan fingerprint density at radius 3 is 2.88 bits per heavy atom. The Balaban J connectivity index is 1.97. The van der Waals surface area contributed by atoms with Gasteiger partial charge in [0.15, 0.2) is 0 Å². The molecule has 0 radical (unpaired) electrons. The summed E-state index contributed by atoms with van der Waals surface area (Å²) in [4.78, 5) is 7.50. The Bertz CT molecular complexity index is 548. The average molecular weight is 296 g/mol. The van der Waals surface area contributed by atoms with E-state index in [9.17, 15) is 4.39 Å². The number of hydrogen-bond acceptors (Lipinski definition) is 2. The van der Waals surface area contributed by atoms with Crippen LogP contribution in [0.1, 0.15) is 11.7 Å². The van der Waals surface area contributed by atoms with Gasteiger partial charge in [0.2, 0.25) is 0 Å². The second kappa shape index (κ2) is 4.23. The summed E-state index contributed by atoms with van der Waals surface area (Å²) in [5.41, 5.74) is 1.27. The zero-order chi connectivity index (χ0) is 11.8. The van der Waals surface area contributed by atoms with Crippen LogP contribution in [0.4, 0.5) is 4.39 Å². The van der Waals surface area contributed by atoms with E-state index in [4.69, 9.17) is 0 Å². The first-order valence-electron chi connectivity index (χ1n) is 5.45. The van der Waals surface area contributed by atoms with Crippen molar-refractivity contribution >= 4 is 15.9 Å². The smallest absolute Gasteiger partial charge is 0.132 e. The van der Waals surface area contributed by atoms with Gasteiger partial charge in [-0.25, -0.2) is 9.37 Å². The number of H-pyrrole nitrogens is 1. The lowest BCUT2D eigenvalue weighted by Gasteiger charge is -2.24. The van der Waals surface area contributed by atoms with Gasteiger partial charge in [0, 0.05) is 29.0 Å². The minimum Gasteiger partial charge on any atom is -0.342 e. The number of nitrogens with one attached hydrogen (secondary N) is 2.